The summed E-state index contributed by atoms with van der Waals surface area (Å²) in [4.78, 5) is 12.9. The first-order valence-electron chi connectivity index (χ1n) is 7.60. The van der Waals surface area contributed by atoms with Crippen LogP contribution in [0.5, 0.6) is 0 Å². The number of ketones is 1. The van der Waals surface area contributed by atoms with Gasteiger partial charge in [-0.05, 0) is 37.2 Å². The molecule has 2 heterocycles. The van der Waals surface area contributed by atoms with Crippen LogP contribution in [0.3, 0.4) is 0 Å². The Morgan fingerprint density at radius 2 is 1.75 bits per heavy atom. The number of carbonyl (C=O) groups is 1. The van der Waals surface area contributed by atoms with E-state index in [-0.39, 0.29) is 22.2 Å². The van der Waals surface area contributed by atoms with E-state index in [2.05, 4.69) is 19.9 Å². The second-order valence-corrected chi connectivity index (χ2v) is 8.41. The van der Waals surface area contributed by atoms with Crippen molar-refractivity contribution in [3.05, 3.63) is 35.4 Å². The van der Waals surface area contributed by atoms with Crippen molar-refractivity contribution in [1.29, 1.82) is 0 Å². The van der Waals surface area contributed by atoms with Gasteiger partial charge in [0.2, 0.25) is 0 Å². The molecule has 0 radical (unpaired) electrons. The predicted molar refractivity (Wildman–Crippen MR) is 82.5 cm³/mol. The molecule has 2 saturated heterocycles. The second kappa shape index (κ2) is 5.44. The van der Waals surface area contributed by atoms with Crippen LogP contribution < -0.4 is 0 Å². The lowest BCUT2D eigenvalue weighted by Crippen LogP contribution is -2.32. The number of benzene rings is 1. The minimum Gasteiger partial charge on any atom is -0.294 e. The van der Waals surface area contributed by atoms with Crippen molar-refractivity contribution in [2.24, 2.45) is 5.92 Å². The Morgan fingerprint density at radius 3 is 2.35 bits per heavy atom. The summed E-state index contributed by atoms with van der Waals surface area (Å²) >= 11 is 0. The molecule has 2 atom stereocenters. The van der Waals surface area contributed by atoms with Crippen LogP contribution in [0.4, 0.5) is 0 Å². The monoisotopic (exact) mass is 290 g/mol. The standard InChI is InChI=1S/C17H22O2S/c1-11(2)15-5-3-4-6-16(15)17(18)12-9-13-7-8-14(10-12)20(13)19/h3-6,11-14H,7-10H2,1-2H3. The molecule has 1 aromatic rings. The average Bonchev–Trinajstić information content (AvgIpc) is 2.68. The quantitative estimate of drug-likeness (QED) is 0.796. The van der Waals surface area contributed by atoms with Crippen LogP contribution in [0, 0.1) is 5.92 Å². The molecule has 1 aromatic carbocycles. The molecule has 2 bridgehead atoms. The van der Waals surface area contributed by atoms with Crippen molar-refractivity contribution in [2.75, 3.05) is 0 Å². The smallest absolute Gasteiger partial charge is 0.166 e. The van der Waals surface area contributed by atoms with Crippen molar-refractivity contribution < 1.29 is 9.00 Å². The summed E-state index contributed by atoms with van der Waals surface area (Å²) in [5, 5.41) is 0.544. The van der Waals surface area contributed by atoms with E-state index in [1.807, 2.05) is 18.2 Å². The molecule has 2 aliphatic rings. The number of carbonyl (C=O) groups excluding carboxylic acids is 1. The number of hydrogen-bond acceptors (Lipinski definition) is 2. The zero-order valence-corrected chi connectivity index (χ0v) is 13.0. The topological polar surface area (TPSA) is 34.1 Å². The van der Waals surface area contributed by atoms with Crippen molar-refractivity contribution in [1.82, 2.24) is 0 Å². The maximum atomic E-state index is 12.9. The van der Waals surface area contributed by atoms with E-state index < -0.39 is 10.8 Å². The lowest BCUT2D eigenvalue weighted by Gasteiger charge is -2.27. The third-order valence-electron chi connectivity index (χ3n) is 4.78. The Balaban J connectivity index is 1.85. The molecule has 2 fully saturated rings. The van der Waals surface area contributed by atoms with Crippen LogP contribution >= 0.6 is 0 Å². The van der Waals surface area contributed by atoms with Crippen molar-refractivity contribution >= 4 is 16.6 Å². The maximum Gasteiger partial charge on any atom is 0.166 e. The third kappa shape index (κ3) is 2.37. The van der Waals surface area contributed by atoms with Gasteiger partial charge < -0.3 is 0 Å². The van der Waals surface area contributed by atoms with Crippen molar-refractivity contribution in [3.63, 3.8) is 0 Å². The van der Waals surface area contributed by atoms with Gasteiger partial charge in [0.25, 0.3) is 0 Å². The summed E-state index contributed by atoms with van der Waals surface area (Å²) < 4.78 is 12.1. The van der Waals surface area contributed by atoms with Gasteiger partial charge in [0.05, 0.1) is 0 Å². The molecular formula is C17H22O2S. The number of rotatable bonds is 3. The highest BCUT2D eigenvalue weighted by Gasteiger charge is 2.43. The van der Waals surface area contributed by atoms with E-state index in [1.165, 1.54) is 0 Å². The van der Waals surface area contributed by atoms with Gasteiger partial charge in [-0.15, -0.1) is 0 Å². The van der Waals surface area contributed by atoms with E-state index in [4.69, 9.17) is 0 Å². The fourth-order valence-corrected chi connectivity index (χ4v) is 5.82. The van der Waals surface area contributed by atoms with Gasteiger partial charge in [0.1, 0.15) is 0 Å². The van der Waals surface area contributed by atoms with Gasteiger partial charge in [-0.2, -0.15) is 0 Å². The first kappa shape index (κ1) is 14.0. The molecule has 2 aliphatic heterocycles. The van der Waals surface area contributed by atoms with Gasteiger partial charge in [-0.25, -0.2) is 0 Å². The van der Waals surface area contributed by atoms with Crippen LogP contribution in [-0.4, -0.2) is 20.5 Å². The Kier molecular flexibility index (Phi) is 3.80. The molecule has 0 aliphatic carbocycles. The van der Waals surface area contributed by atoms with Crippen molar-refractivity contribution in [3.8, 4) is 0 Å². The zero-order valence-electron chi connectivity index (χ0n) is 12.2. The number of hydrogen-bond donors (Lipinski definition) is 0. The fourth-order valence-electron chi connectivity index (χ4n) is 3.69. The Bertz CT molecular complexity index is 534. The van der Waals surface area contributed by atoms with Gasteiger partial charge in [0.15, 0.2) is 5.78 Å². The number of Topliss-reactive ketones (excluding diaryl/α,β-unsaturated/α-hetero) is 1. The van der Waals surface area contributed by atoms with Crippen LogP contribution in [0.2, 0.25) is 0 Å². The highest BCUT2D eigenvalue weighted by Crippen LogP contribution is 2.40. The Hall–Kier alpha value is -0.960. The molecule has 0 amide bonds. The molecular weight excluding hydrogens is 268 g/mol. The Morgan fingerprint density at radius 1 is 1.15 bits per heavy atom. The summed E-state index contributed by atoms with van der Waals surface area (Å²) in [6.07, 6.45) is 3.75. The van der Waals surface area contributed by atoms with Crippen LogP contribution in [0.25, 0.3) is 0 Å². The molecule has 0 spiro atoms. The first-order chi connectivity index (χ1) is 9.58. The molecule has 3 rings (SSSR count). The Labute approximate surface area is 123 Å². The van der Waals surface area contributed by atoms with Gasteiger partial charge in [-0.3, -0.25) is 9.00 Å². The molecule has 108 valence electrons. The normalized spacial score (nSPS) is 32.5. The van der Waals surface area contributed by atoms with Gasteiger partial charge >= 0.3 is 0 Å². The largest absolute Gasteiger partial charge is 0.294 e. The molecule has 0 saturated carbocycles. The summed E-state index contributed by atoms with van der Waals surface area (Å²) in [5.74, 6) is 0.734. The third-order valence-corrected chi connectivity index (χ3v) is 6.95. The SMILES string of the molecule is CC(C)c1ccccc1C(=O)C1CC2CCC(C1)S2=O. The van der Waals surface area contributed by atoms with E-state index in [1.54, 1.807) is 0 Å². The van der Waals surface area contributed by atoms with Crippen LogP contribution in [-0.2, 0) is 10.8 Å². The maximum absolute atomic E-state index is 12.9. The summed E-state index contributed by atoms with van der Waals surface area (Å²) in [6, 6.07) is 7.99. The van der Waals surface area contributed by atoms with Crippen molar-refractivity contribution in [2.45, 2.75) is 55.9 Å². The molecule has 0 N–H and O–H groups in total. The molecule has 2 unspecified atom stereocenters. The predicted octanol–water partition coefficient (Wildman–Crippen LogP) is 3.68. The average molecular weight is 290 g/mol. The molecule has 20 heavy (non-hydrogen) atoms. The molecule has 3 heteroatoms. The zero-order chi connectivity index (χ0) is 14.3. The van der Waals surface area contributed by atoms with E-state index in [0.717, 1.165) is 36.8 Å². The summed E-state index contributed by atoms with van der Waals surface area (Å²) in [7, 11) is -0.679. The second-order valence-electron chi connectivity index (χ2n) is 6.42. The van der Waals surface area contributed by atoms with Crippen LogP contribution in [0.15, 0.2) is 24.3 Å². The minimum absolute atomic E-state index is 0.0881. The van der Waals surface area contributed by atoms with Gasteiger partial charge in [-0.1, -0.05) is 38.1 Å². The lowest BCUT2D eigenvalue weighted by atomic mass is 9.86. The first-order valence-corrected chi connectivity index (χ1v) is 8.88. The molecule has 2 nitrogen and oxygen atoms in total. The highest BCUT2D eigenvalue weighted by molar-refractivity contribution is 7.86. The molecule has 0 aromatic heterocycles. The highest BCUT2D eigenvalue weighted by atomic mass is 32.2. The lowest BCUT2D eigenvalue weighted by molar-refractivity contribution is 0.0905. The van der Waals surface area contributed by atoms with E-state index in [9.17, 15) is 9.00 Å². The summed E-state index contributed by atoms with van der Waals surface area (Å²) in [6.45, 7) is 4.26. The van der Waals surface area contributed by atoms with E-state index in [0.29, 0.717) is 5.92 Å². The van der Waals surface area contributed by atoms with Gasteiger partial charge in [0, 0.05) is 32.8 Å². The number of fused-ring (bicyclic) bond motifs is 2. The minimum atomic E-state index is -0.679. The fraction of sp³-hybridized carbons (Fsp3) is 0.588. The summed E-state index contributed by atoms with van der Waals surface area (Å²) in [5.41, 5.74) is 2.04. The van der Waals surface area contributed by atoms with E-state index >= 15 is 0 Å². The van der Waals surface area contributed by atoms with Crippen LogP contribution in [0.1, 0.15) is 61.4 Å².